The first-order valence-corrected chi connectivity index (χ1v) is 4.54. The van der Waals surface area contributed by atoms with Crippen LogP contribution in [0.5, 0.6) is 5.75 Å². The number of hydrogen-bond acceptors (Lipinski definition) is 3. The fourth-order valence-electron chi connectivity index (χ4n) is 1.15. The van der Waals surface area contributed by atoms with Crippen molar-refractivity contribution in [3.8, 4) is 5.75 Å². The summed E-state index contributed by atoms with van der Waals surface area (Å²) in [5.41, 5.74) is 0.0802. The summed E-state index contributed by atoms with van der Waals surface area (Å²) in [7, 11) is 0. The third kappa shape index (κ3) is 2.90. The minimum absolute atomic E-state index is 0.0863. The summed E-state index contributed by atoms with van der Waals surface area (Å²) in [4.78, 5) is 9.89. The van der Waals surface area contributed by atoms with E-state index in [4.69, 9.17) is 4.74 Å². The van der Waals surface area contributed by atoms with E-state index in [-0.39, 0.29) is 17.4 Å². The van der Waals surface area contributed by atoms with Gasteiger partial charge >= 0.3 is 0 Å². The van der Waals surface area contributed by atoms with Crippen molar-refractivity contribution in [3.63, 3.8) is 0 Å². The van der Waals surface area contributed by atoms with Gasteiger partial charge in [-0.3, -0.25) is 10.1 Å². The van der Waals surface area contributed by atoms with Gasteiger partial charge in [0.2, 0.25) is 0 Å². The number of rotatable bonds is 4. The Morgan fingerprint density at radius 3 is 2.67 bits per heavy atom. The lowest BCUT2D eigenvalue weighted by molar-refractivity contribution is -0.385. The van der Waals surface area contributed by atoms with Crippen molar-refractivity contribution in [1.29, 1.82) is 0 Å². The van der Waals surface area contributed by atoms with Gasteiger partial charge in [0.1, 0.15) is 12.4 Å². The molecule has 0 saturated heterocycles. The van der Waals surface area contributed by atoms with Crippen LogP contribution in [0, 0.1) is 10.1 Å². The molecule has 0 N–H and O–H groups in total. The molecule has 0 radical (unpaired) electrons. The van der Waals surface area contributed by atoms with Crippen molar-refractivity contribution in [2.24, 2.45) is 0 Å². The Morgan fingerprint density at radius 2 is 2.20 bits per heavy atom. The minimum Gasteiger partial charge on any atom is -0.491 e. The third-order valence-corrected chi connectivity index (χ3v) is 1.76. The molecule has 0 aliphatic carbocycles. The van der Waals surface area contributed by atoms with Gasteiger partial charge in [0.15, 0.2) is 0 Å². The van der Waals surface area contributed by atoms with Crippen molar-refractivity contribution in [2.45, 2.75) is 26.6 Å². The molecule has 1 rings (SSSR count). The highest BCUT2D eigenvalue weighted by atomic mass is 19.1. The van der Waals surface area contributed by atoms with Crippen LogP contribution in [0.15, 0.2) is 18.2 Å². The van der Waals surface area contributed by atoms with Crippen molar-refractivity contribution in [3.05, 3.63) is 33.9 Å². The fraction of sp³-hybridized carbons (Fsp3) is 0.400. The van der Waals surface area contributed by atoms with Crippen molar-refractivity contribution in [1.82, 2.24) is 0 Å². The highest BCUT2D eigenvalue weighted by molar-refractivity contribution is 5.43. The third-order valence-electron chi connectivity index (χ3n) is 1.76. The standard InChI is InChI=1S/C10H12FNO3/c1-7(2)15-10-4-3-9(12(13)14)5-8(10)6-11/h3-5,7H,6H2,1-2H3. The Bertz CT molecular complexity index is 366. The highest BCUT2D eigenvalue weighted by Crippen LogP contribution is 2.25. The second-order valence-corrected chi connectivity index (χ2v) is 3.35. The van der Waals surface area contributed by atoms with E-state index in [1.165, 1.54) is 18.2 Å². The molecule has 0 heterocycles. The van der Waals surface area contributed by atoms with Gasteiger partial charge in [0.25, 0.3) is 5.69 Å². The number of nitro benzene ring substituents is 1. The van der Waals surface area contributed by atoms with Crippen molar-refractivity contribution < 1.29 is 14.1 Å². The van der Waals surface area contributed by atoms with Gasteiger partial charge in [-0.25, -0.2) is 4.39 Å². The fourth-order valence-corrected chi connectivity index (χ4v) is 1.15. The molecule has 82 valence electrons. The van der Waals surface area contributed by atoms with Gasteiger partial charge in [-0.05, 0) is 19.9 Å². The molecule has 0 saturated carbocycles. The molecule has 4 nitrogen and oxygen atoms in total. The monoisotopic (exact) mass is 213 g/mol. The zero-order chi connectivity index (χ0) is 11.4. The van der Waals surface area contributed by atoms with Gasteiger partial charge < -0.3 is 4.74 Å². The van der Waals surface area contributed by atoms with Crippen LogP contribution in [-0.2, 0) is 6.67 Å². The molecular weight excluding hydrogens is 201 g/mol. The van der Waals surface area contributed by atoms with Gasteiger partial charge in [-0.15, -0.1) is 0 Å². The molecule has 0 bridgehead atoms. The Morgan fingerprint density at radius 1 is 1.53 bits per heavy atom. The molecule has 1 aromatic carbocycles. The zero-order valence-corrected chi connectivity index (χ0v) is 8.57. The van der Waals surface area contributed by atoms with Crippen LogP contribution >= 0.6 is 0 Å². The summed E-state index contributed by atoms with van der Waals surface area (Å²) in [5.74, 6) is 0.359. The molecular formula is C10H12FNO3. The van der Waals surface area contributed by atoms with Gasteiger partial charge in [-0.2, -0.15) is 0 Å². The van der Waals surface area contributed by atoms with Crippen LogP contribution in [-0.4, -0.2) is 11.0 Å². The first kappa shape index (κ1) is 11.4. The Kier molecular flexibility index (Phi) is 3.60. The van der Waals surface area contributed by atoms with Crippen LogP contribution in [0.2, 0.25) is 0 Å². The maximum atomic E-state index is 12.6. The molecule has 0 atom stereocenters. The second kappa shape index (κ2) is 4.72. The van der Waals surface area contributed by atoms with E-state index in [1.807, 2.05) is 13.8 Å². The smallest absolute Gasteiger partial charge is 0.270 e. The van der Waals surface area contributed by atoms with Gasteiger partial charge in [-0.1, -0.05) is 0 Å². The number of nitrogens with zero attached hydrogens (tertiary/aromatic N) is 1. The molecule has 0 aromatic heterocycles. The number of ether oxygens (including phenoxy) is 1. The molecule has 15 heavy (non-hydrogen) atoms. The average molecular weight is 213 g/mol. The largest absolute Gasteiger partial charge is 0.491 e. The maximum Gasteiger partial charge on any atom is 0.270 e. The highest BCUT2D eigenvalue weighted by Gasteiger charge is 2.12. The predicted molar refractivity (Wildman–Crippen MR) is 53.7 cm³/mol. The van der Waals surface area contributed by atoms with E-state index in [1.54, 1.807) is 0 Å². The van der Waals surface area contributed by atoms with Crippen LogP contribution in [0.1, 0.15) is 19.4 Å². The lowest BCUT2D eigenvalue weighted by Crippen LogP contribution is -2.07. The number of nitro groups is 1. The second-order valence-electron chi connectivity index (χ2n) is 3.35. The molecule has 0 aliphatic heterocycles. The molecule has 0 amide bonds. The quantitative estimate of drug-likeness (QED) is 0.570. The maximum absolute atomic E-state index is 12.6. The van der Waals surface area contributed by atoms with E-state index < -0.39 is 11.6 Å². The summed E-state index contributed by atoms with van der Waals surface area (Å²) < 4.78 is 17.9. The summed E-state index contributed by atoms with van der Waals surface area (Å²) in [5, 5.41) is 10.4. The number of alkyl halides is 1. The Labute approximate surface area is 86.8 Å². The number of non-ortho nitro benzene ring substituents is 1. The van der Waals surface area contributed by atoms with Gasteiger partial charge in [0, 0.05) is 17.7 Å². The van der Waals surface area contributed by atoms with Crippen LogP contribution in [0.25, 0.3) is 0 Å². The molecule has 5 heteroatoms. The van der Waals surface area contributed by atoms with Crippen molar-refractivity contribution >= 4 is 5.69 Å². The number of halogens is 1. The molecule has 0 unspecified atom stereocenters. The summed E-state index contributed by atoms with van der Waals surface area (Å²) in [6.45, 7) is 2.84. The Hall–Kier alpha value is -1.65. The number of benzene rings is 1. The summed E-state index contributed by atoms with van der Waals surface area (Å²) in [6, 6.07) is 3.92. The number of hydrogen-bond donors (Lipinski definition) is 0. The van der Waals surface area contributed by atoms with Gasteiger partial charge in [0.05, 0.1) is 11.0 Å². The molecule has 0 spiro atoms. The molecule has 0 aliphatic rings. The van der Waals surface area contributed by atoms with E-state index in [2.05, 4.69) is 0 Å². The normalized spacial score (nSPS) is 10.4. The SMILES string of the molecule is CC(C)Oc1ccc([N+](=O)[O-])cc1CF. The molecule has 1 aromatic rings. The predicted octanol–water partition coefficient (Wildman–Crippen LogP) is 2.85. The van der Waals surface area contributed by atoms with E-state index >= 15 is 0 Å². The lowest BCUT2D eigenvalue weighted by Gasteiger charge is -2.12. The first-order chi connectivity index (χ1) is 7.04. The van der Waals surface area contributed by atoms with E-state index in [9.17, 15) is 14.5 Å². The molecule has 0 fully saturated rings. The zero-order valence-electron chi connectivity index (χ0n) is 8.57. The van der Waals surface area contributed by atoms with E-state index in [0.29, 0.717) is 5.75 Å². The first-order valence-electron chi connectivity index (χ1n) is 4.54. The topological polar surface area (TPSA) is 52.4 Å². The van der Waals surface area contributed by atoms with Crippen LogP contribution in [0.3, 0.4) is 0 Å². The van der Waals surface area contributed by atoms with E-state index in [0.717, 1.165) is 0 Å². The Balaban J connectivity index is 3.03. The average Bonchev–Trinajstić information content (AvgIpc) is 2.17. The van der Waals surface area contributed by atoms with Crippen LogP contribution in [0.4, 0.5) is 10.1 Å². The minimum atomic E-state index is -0.774. The van der Waals surface area contributed by atoms with Crippen LogP contribution < -0.4 is 4.74 Å². The lowest BCUT2D eigenvalue weighted by atomic mass is 10.2. The summed E-state index contributed by atoms with van der Waals surface area (Å²) in [6.07, 6.45) is -0.0863. The summed E-state index contributed by atoms with van der Waals surface area (Å²) >= 11 is 0. The van der Waals surface area contributed by atoms with Crippen molar-refractivity contribution in [2.75, 3.05) is 0 Å².